The van der Waals surface area contributed by atoms with Crippen LogP contribution < -0.4 is 5.32 Å². The summed E-state index contributed by atoms with van der Waals surface area (Å²) < 4.78 is 30.4. The van der Waals surface area contributed by atoms with Crippen LogP contribution in [0.25, 0.3) is 0 Å². The molecule has 0 aliphatic carbocycles. The number of hydrogen-bond donors (Lipinski definition) is 2. The molecule has 2 N–H and O–H groups in total. The van der Waals surface area contributed by atoms with E-state index >= 15 is 0 Å². The lowest BCUT2D eigenvalue weighted by Crippen LogP contribution is -2.03. The van der Waals surface area contributed by atoms with E-state index in [1.54, 1.807) is 0 Å². The van der Waals surface area contributed by atoms with Crippen LogP contribution in [0.1, 0.15) is 6.92 Å². The molecule has 0 saturated heterocycles. The van der Waals surface area contributed by atoms with Crippen molar-refractivity contribution in [2.75, 3.05) is 20.7 Å². The SMILES string of the molecule is CCOOS(=O)(=O)O.CNC. The summed E-state index contributed by atoms with van der Waals surface area (Å²) in [6, 6.07) is 0. The van der Waals surface area contributed by atoms with Gasteiger partial charge in [-0.1, -0.05) is 4.33 Å². The fourth-order valence-electron chi connectivity index (χ4n) is 0.109. The fourth-order valence-corrected chi connectivity index (χ4v) is 0.327. The highest BCUT2D eigenvalue weighted by Gasteiger charge is 2.02. The molecule has 0 unspecified atom stereocenters. The molecule has 11 heavy (non-hydrogen) atoms. The van der Waals surface area contributed by atoms with E-state index in [9.17, 15) is 8.42 Å². The second kappa shape index (κ2) is 7.89. The summed E-state index contributed by atoms with van der Waals surface area (Å²) in [6.07, 6.45) is 0. The van der Waals surface area contributed by atoms with Gasteiger partial charge in [0.1, 0.15) is 0 Å². The van der Waals surface area contributed by atoms with Crippen molar-refractivity contribution < 1.29 is 22.2 Å². The highest BCUT2D eigenvalue weighted by atomic mass is 32.3. The van der Waals surface area contributed by atoms with E-state index in [1.165, 1.54) is 6.92 Å². The van der Waals surface area contributed by atoms with E-state index in [-0.39, 0.29) is 6.61 Å². The Bertz CT molecular complexity index is 154. The Morgan fingerprint density at radius 2 is 1.82 bits per heavy atom. The van der Waals surface area contributed by atoms with Crippen LogP contribution in [0, 0.1) is 0 Å². The van der Waals surface area contributed by atoms with Crippen molar-refractivity contribution in [2.24, 2.45) is 0 Å². The molecule has 0 heterocycles. The summed E-state index contributed by atoms with van der Waals surface area (Å²) in [5.74, 6) is 0. The van der Waals surface area contributed by atoms with Crippen LogP contribution in [0.3, 0.4) is 0 Å². The van der Waals surface area contributed by atoms with Crippen LogP contribution in [-0.4, -0.2) is 33.7 Å². The lowest BCUT2D eigenvalue weighted by atomic mass is 10.9. The van der Waals surface area contributed by atoms with Gasteiger partial charge in [0, 0.05) is 0 Å². The molecule has 0 saturated carbocycles. The van der Waals surface area contributed by atoms with Gasteiger partial charge in [-0.3, -0.25) is 4.55 Å². The van der Waals surface area contributed by atoms with E-state index in [4.69, 9.17) is 4.55 Å². The highest BCUT2D eigenvalue weighted by molar-refractivity contribution is 7.80. The van der Waals surface area contributed by atoms with Crippen molar-refractivity contribution in [2.45, 2.75) is 6.92 Å². The standard InChI is InChI=1S/C2H7N.C2H6O5S/c1-3-2;1-2-6-7-8(3,4)5/h3H,1-2H3;2H2,1H3,(H,3,4,5). The molecule has 0 spiro atoms. The number of nitrogens with one attached hydrogen (secondary N) is 1. The molecular formula is C4H13NO5S. The van der Waals surface area contributed by atoms with Crippen molar-refractivity contribution in [3.8, 4) is 0 Å². The highest BCUT2D eigenvalue weighted by Crippen LogP contribution is 1.85. The van der Waals surface area contributed by atoms with Crippen molar-refractivity contribution >= 4 is 10.4 Å². The lowest BCUT2D eigenvalue weighted by Gasteiger charge is -1.92. The molecule has 70 valence electrons. The summed E-state index contributed by atoms with van der Waals surface area (Å²) in [7, 11) is -0.658. The minimum Gasteiger partial charge on any atom is -0.323 e. The van der Waals surface area contributed by atoms with Crippen molar-refractivity contribution in [1.82, 2.24) is 5.32 Å². The largest absolute Gasteiger partial charge is 0.424 e. The Balaban J connectivity index is 0. The van der Waals surface area contributed by atoms with E-state index in [0.29, 0.717) is 0 Å². The van der Waals surface area contributed by atoms with Gasteiger partial charge in [0.05, 0.1) is 6.61 Å². The van der Waals surface area contributed by atoms with Crippen LogP contribution in [0.5, 0.6) is 0 Å². The minimum atomic E-state index is -4.41. The zero-order chi connectivity index (χ0) is 9.33. The molecule has 0 aliphatic rings. The maximum atomic E-state index is 9.60. The van der Waals surface area contributed by atoms with Gasteiger partial charge in [-0.05, 0) is 21.0 Å². The van der Waals surface area contributed by atoms with Crippen molar-refractivity contribution in [3.63, 3.8) is 0 Å². The predicted molar refractivity (Wildman–Crippen MR) is 39.2 cm³/mol. The average Bonchev–Trinajstić information content (AvgIpc) is 1.84. The second-order valence-corrected chi connectivity index (χ2v) is 2.39. The Labute approximate surface area is 66.4 Å². The van der Waals surface area contributed by atoms with Crippen LogP contribution in [-0.2, 0) is 19.6 Å². The molecule has 0 amide bonds. The Morgan fingerprint density at radius 3 is 1.91 bits per heavy atom. The first-order valence-electron chi connectivity index (χ1n) is 2.85. The molecule has 0 aromatic carbocycles. The average molecular weight is 187 g/mol. The van der Waals surface area contributed by atoms with Gasteiger partial charge in [-0.15, -0.1) is 0 Å². The molecule has 7 heteroatoms. The maximum absolute atomic E-state index is 9.60. The summed E-state index contributed by atoms with van der Waals surface area (Å²) >= 11 is 0. The minimum absolute atomic E-state index is 0.0692. The normalized spacial score (nSPS) is 10.2. The first-order chi connectivity index (χ1) is 4.97. The van der Waals surface area contributed by atoms with Gasteiger partial charge in [-0.2, -0.15) is 8.42 Å². The summed E-state index contributed by atoms with van der Waals surface area (Å²) in [5, 5.41) is 2.75. The zero-order valence-corrected chi connectivity index (χ0v) is 7.51. The molecule has 0 aromatic rings. The van der Waals surface area contributed by atoms with Crippen molar-refractivity contribution in [1.29, 1.82) is 0 Å². The quantitative estimate of drug-likeness (QED) is 0.355. The van der Waals surface area contributed by atoms with Crippen LogP contribution in [0.4, 0.5) is 0 Å². The van der Waals surface area contributed by atoms with E-state index in [0.717, 1.165) is 0 Å². The zero-order valence-electron chi connectivity index (χ0n) is 6.70. The summed E-state index contributed by atoms with van der Waals surface area (Å²) in [5.41, 5.74) is 0. The second-order valence-electron chi connectivity index (χ2n) is 1.40. The molecule has 0 atom stereocenters. The molecule has 0 rings (SSSR count). The van der Waals surface area contributed by atoms with Gasteiger partial charge in [0.15, 0.2) is 0 Å². The third-order valence-electron chi connectivity index (χ3n) is 0.252. The Kier molecular flexibility index (Phi) is 9.60. The molecule has 0 aliphatic heterocycles. The van der Waals surface area contributed by atoms with Gasteiger partial charge < -0.3 is 5.32 Å². The van der Waals surface area contributed by atoms with Crippen LogP contribution >= 0.6 is 0 Å². The summed E-state index contributed by atoms with van der Waals surface area (Å²) in [4.78, 5) is 3.86. The van der Waals surface area contributed by atoms with Crippen LogP contribution in [0.15, 0.2) is 0 Å². The first-order valence-corrected chi connectivity index (χ1v) is 4.21. The third-order valence-corrected chi connectivity index (χ3v) is 0.520. The van der Waals surface area contributed by atoms with Gasteiger partial charge in [-0.25, -0.2) is 4.89 Å². The molecular weight excluding hydrogens is 174 g/mol. The topological polar surface area (TPSA) is 84.9 Å². The third kappa shape index (κ3) is 25.9. The Hall–Kier alpha value is -0.210. The van der Waals surface area contributed by atoms with Gasteiger partial charge >= 0.3 is 10.4 Å². The van der Waals surface area contributed by atoms with E-state index < -0.39 is 10.4 Å². The first kappa shape index (κ1) is 13.4. The number of rotatable bonds is 3. The van der Waals surface area contributed by atoms with E-state index in [2.05, 4.69) is 14.5 Å². The number of hydrogen-bond acceptors (Lipinski definition) is 5. The smallest absolute Gasteiger partial charge is 0.323 e. The summed E-state index contributed by atoms with van der Waals surface area (Å²) in [6.45, 7) is 1.59. The monoisotopic (exact) mass is 187 g/mol. The van der Waals surface area contributed by atoms with Gasteiger partial charge in [0.25, 0.3) is 0 Å². The molecule has 0 aromatic heterocycles. The van der Waals surface area contributed by atoms with Gasteiger partial charge in [0.2, 0.25) is 0 Å². The molecule has 0 bridgehead atoms. The van der Waals surface area contributed by atoms with Crippen molar-refractivity contribution in [3.05, 3.63) is 0 Å². The molecule has 0 fully saturated rings. The van der Waals surface area contributed by atoms with E-state index in [1.807, 2.05) is 14.1 Å². The Morgan fingerprint density at radius 1 is 1.45 bits per heavy atom. The lowest BCUT2D eigenvalue weighted by molar-refractivity contribution is -0.203. The van der Waals surface area contributed by atoms with Crippen LogP contribution in [0.2, 0.25) is 0 Å². The predicted octanol–water partition coefficient (Wildman–Crippen LogP) is -0.407. The molecule has 6 nitrogen and oxygen atoms in total. The fraction of sp³-hybridized carbons (Fsp3) is 1.00. The molecule has 0 radical (unpaired) electrons. The maximum Gasteiger partial charge on any atom is 0.424 e.